The van der Waals surface area contributed by atoms with Gasteiger partial charge >= 0.3 is 0 Å². The van der Waals surface area contributed by atoms with E-state index in [-0.39, 0.29) is 0 Å². The van der Waals surface area contributed by atoms with Gasteiger partial charge < -0.3 is 9.64 Å². The number of anilines is 1. The Morgan fingerprint density at radius 3 is 2.63 bits per heavy atom. The molecule has 0 N–H and O–H groups in total. The summed E-state index contributed by atoms with van der Waals surface area (Å²) in [6.45, 7) is 5.16. The maximum atomic E-state index is 6.15. The van der Waals surface area contributed by atoms with E-state index in [0.29, 0.717) is 0 Å². The van der Waals surface area contributed by atoms with Gasteiger partial charge in [0.1, 0.15) is 5.09 Å². The predicted molar refractivity (Wildman–Crippen MR) is 117 cm³/mol. The van der Waals surface area contributed by atoms with Gasteiger partial charge in [-0.15, -0.1) is 10.9 Å². The molecule has 1 atom stereocenters. The van der Waals surface area contributed by atoms with Crippen LogP contribution in [0, 0.1) is 0 Å². The molecule has 0 saturated carbocycles. The fourth-order valence-corrected chi connectivity index (χ4v) is 5.82. The summed E-state index contributed by atoms with van der Waals surface area (Å²) in [4.78, 5) is 6.38. The van der Waals surface area contributed by atoms with Crippen LogP contribution in [0.5, 0.6) is 0 Å². The Kier molecular flexibility index (Phi) is 5.77. The summed E-state index contributed by atoms with van der Waals surface area (Å²) >= 11 is 6.15. The molecular formula is C22H25ClN2OS. The van der Waals surface area contributed by atoms with Crippen LogP contribution in [0.2, 0.25) is 5.02 Å². The Balaban J connectivity index is 1.43. The second kappa shape index (κ2) is 8.42. The number of thiol groups is 1. The number of benzene rings is 2. The zero-order valence-electron chi connectivity index (χ0n) is 15.5. The van der Waals surface area contributed by atoms with Crippen LogP contribution < -0.4 is 4.90 Å². The molecule has 0 aromatic heterocycles. The molecule has 1 saturated heterocycles. The Morgan fingerprint density at radius 2 is 1.85 bits per heavy atom. The van der Waals surface area contributed by atoms with Gasteiger partial charge in [-0.3, -0.25) is 4.90 Å². The molecule has 1 unspecified atom stereocenters. The molecule has 0 radical (unpaired) electrons. The van der Waals surface area contributed by atoms with E-state index < -0.39 is 10.9 Å². The second-order valence-electron chi connectivity index (χ2n) is 6.79. The molecule has 0 spiro atoms. The summed E-state index contributed by atoms with van der Waals surface area (Å²) in [6, 6.07) is 17.0. The largest absolute Gasteiger partial charge is 0.492 e. The molecule has 0 amide bonds. The van der Waals surface area contributed by atoms with Crippen molar-refractivity contribution < 1.29 is 4.74 Å². The second-order valence-corrected chi connectivity index (χ2v) is 9.19. The van der Waals surface area contributed by atoms with Crippen molar-refractivity contribution in [3.63, 3.8) is 0 Å². The number of ether oxygens (including phenoxy) is 1. The zero-order chi connectivity index (χ0) is 18.6. The van der Waals surface area contributed by atoms with Crippen molar-refractivity contribution in [2.24, 2.45) is 0 Å². The van der Waals surface area contributed by atoms with Gasteiger partial charge in [0, 0.05) is 48.3 Å². The molecule has 4 rings (SSSR count). The first-order valence-electron chi connectivity index (χ1n) is 9.27. The van der Waals surface area contributed by atoms with E-state index in [1.54, 1.807) is 7.11 Å². The van der Waals surface area contributed by atoms with Gasteiger partial charge in [0.25, 0.3) is 0 Å². The molecule has 1 fully saturated rings. The SMILES string of the molecule is COC1=CC=C[SH]1c1ccccc1CN1CCN(c2cccc(Cl)c2)CC1. The summed E-state index contributed by atoms with van der Waals surface area (Å²) < 4.78 is 5.59. The smallest absolute Gasteiger partial charge is 0.140 e. The summed E-state index contributed by atoms with van der Waals surface area (Å²) in [6.07, 6.45) is 4.21. The normalized spacial score (nSPS) is 21.3. The lowest BCUT2D eigenvalue weighted by molar-refractivity contribution is 0.248. The van der Waals surface area contributed by atoms with Gasteiger partial charge in [-0.25, -0.2) is 0 Å². The van der Waals surface area contributed by atoms with Gasteiger partial charge in [-0.1, -0.05) is 41.9 Å². The highest BCUT2D eigenvalue weighted by Gasteiger charge is 2.21. The number of halogens is 1. The Morgan fingerprint density at radius 1 is 1.04 bits per heavy atom. The molecule has 3 nitrogen and oxygen atoms in total. The fraction of sp³-hybridized carbons (Fsp3) is 0.273. The quantitative estimate of drug-likeness (QED) is 0.708. The van der Waals surface area contributed by atoms with E-state index in [0.717, 1.165) is 42.8 Å². The average molecular weight is 401 g/mol. The number of allylic oxidation sites excluding steroid dienone is 2. The van der Waals surface area contributed by atoms with Crippen LogP contribution in [-0.2, 0) is 11.3 Å². The minimum absolute atomic E-state index is 0.493. The van der Waals surface area contributed by atoms with Crippen LogP contribution in [0.4, 0.5) is 5.69 Å². The number of methoxy groups -OCH3 is 1. The minimum atomic E-state index is -0.493. The van der Waals surface area contributed by atoms with E-state index in [9.17, 15) is 0 Å². The Bertz CT molecular complexity index is 859. The Hall–Kier alpha value is -1.88. The van der Waals surface area contributed by atoms with E-state index >= 15 is 0 Å². The summed E-state index contributed by atoms with van der Waals surface area (Å²) in [7, 11) is 1.28. The van der Waals surface area contributed by atoms with Crippen LogP contribution >= 0.6 is 22.5 Å². The average Bonchev–Trinajstić information content (AvgIpc) is 3.18. The van der Waals surface area contributed by atoms with Crippen molar-refractivity contribution in [2.45, 2.75) is 11.4 Å². The van der Waals surface area contributed by atoms with Crippen molar-refractivity contribution in [2.75, 3.05) is 38.2 Å². The van der Waals surface area contributed by atoms with Crippen LogP contribution in [0.15, 0.2) is 76.1 Å². The van der Waals surface area contributed by atoms with Gasteiger partial charge in [-0.2, -0.15) is 0 Å². The van der Waals surface area contributed by atoms with Crippen LogP contribution in [0.25, 0.3) is 0 Å². The third-order valence-electron chi connectivity index (χ3n) is 5.11. The number of hydrogen-bond donors (Lipinski definition) is 1. The number of piperazine rings is 1. The van der Waals surface area contributed by atoms with Crippen molar-refractivity contribution in [3.8, 4) is 0 Å². The Labute approximate surface area is 169 Å². The topological polar surface area (TPSA) is 15.7 Å². The lowest BCUT2D eigenvalue weighted by Crippen LogP contribution is -2.46. The minimum Gasteiger partial charge on any atom is -0.492 e. The maximum absolute atomic E-state index is 6.15. The molecule has 2 heterocycles. The molecular weight excluding hydrogens is 376 g/mol. The zero-order valence-corrected chi connectivity index (χ0v) is 17.2. The number of hydrogen-bond acceptors (Lipinski definition) is 3. The molecule has 0 aliphatic carbocycles. The molecule has 142 valence electrons. The van der Waals surface area contributed by atoms with E-state index in [4.69, 9.17) is 16.3 Å². The van der Waals surface area contributed by atoms with Gasteiger partial charge in [0.2, 0.25) is 0 Å². The maximum Gasteiger partial charge on any atom is 0.140 e. The molecule has 27 heavy (non-hydrogen) atoms. The highest BCUT2D eigenvalue weighted by molar-refractivity contribution is 8.23. The molecule has 2 aliphatic rings. The predicted octanol–water partition coefficient (Wildman–Crippen LogP) is 5.04. The summed E-state index contributed by atoms with van der Waals surface area (Å²) in [5.74, 6) is 0. The monoisotopic (exact) mass is 400 g/mol. The van der Waals surface area contributed by atoms with Gasteiger partial charge in [-0.05, 0) is 41.3 Å². The van der Waals surface area contributed by atoms with Crippen molar-refractivity contribution >= 4 is 28.2 Å². The third-order valence-corrected chi connectivity index (χ3v) is 7.58. The van der Waals surface area contributed by atoms with Crippen LogP contribution in [-0.4, -0.2) is 38.2 Å². The standard InChI is InChI=1S/C22H25ClN2OS/c1-26-22-10-5-15-27(22)21-9-3-2-6-18(21)17-24-11-13-25(14-12-24)20-8-4-7-19(23)16-20/h2-10,15-16,27H,11-14,17H2,1H3. The van der Waals surface area contributed by atoms with Crippen LogP contribution in [0.1, 0.15) is 5.56 Å². The highest BCUT2D eigenvalue weighted by atomic mass is 35.5. The first-order valence-corrected chi connectivity index (χ1v) is 11.1. The van der Waals surface area contributed by atoms with Crippen molar-refractivity contribution in [1.29, 1.82) is 0 Å². The third kappa shape index (κ3) is 4.18. The number of nitrogens with zero attached hydrogens (tertiary/aromatic N) is 2. The molecule has 2 aromatic rings. The fourth-order valence-electron chi connectivity index (χ4n) is 3.69. The molecule has 2 aliphatic heterocycles. The summed E-state index contributed by atoms with van der Waals surface area (Å²) in [5.41, 5.74) is 2.63. The van der Waals surface area contributed by atoms with Gasteiger partial charge in [0.05, 0.1) is 7.11 Å². The molecule has 0 bridgehead atoms. The lowest BCUT2D eigenvalue weighted by Gasteiger charge is -2.36. The summed E-state index contributed by atoms with van der Waals surface area (Å²) in [5, 5.41) is 4.17. The van der Waals surface area contributed by atoms with Crippen molar-refractivity contribution in [3.05, 3.63) is 81.8 Å². The van der Waals surface area contributed by atoms with Gasteiger partial charge in [0.15, 0.2) is 0 Å². The van der Waals surface area contributed by atoms with E-state index in [2.05, 4.69) is 63.8 Å². The van der Waals surface area contributed by atoms with E-state index in [1.165, 1.54) is 16.1 Å². The van der Waals surface area contributed by atoms with Crippen LogP contribution in [0.3, 0.4) is 0 Å². The highest BCUT2D eigenvalue weighted by Crippen LogP contribution is 2.50. The molecule has 2 aromatic carbocycles. The first-order chi connectivity index (χ1) is 13.2. The lowest BCUT2D eigenvalue weighted by atomic mass is 10.2. The van der Waals surface area contributed by atoms with Crippen molar-refractivity contribution in [1.82, 2.24) is 4.90 Å². The first kappa shape index (κ1) is 18.5. The van der Waals surface area contributed by atoms with E-state index in [1.807, 2.05) is 12.1 Å². The number of rotatable bonds is 5. The molecule has 5 heteroatoms.